The van der Waals surface area contributed by atoms with Crippen molar-refractivity contribution in [2.24, 2.45) is 5.10 Å². The third kappa shape index (κ3) is 5.25. The molecule has 2 N–H and O–H groups in total. The summed E-state index contributed by atoms with van der Waals surface area (Å²) in [6, 6.07) is 4.28. The fourth-order valence-electron chi connectivity index (χ4n) is 0.847. The molecule has 0 spiro atoms. The zero-order valence-electron chi connectivity index (χ0n) is 8.45. The summed E-state index contributed by atoms with van der Waals surface area (Å²) in [5, 5.41) is 7.59. The second-order valence-electron chi connectivity index (χ2n) is 3.14. The fraction of sp³-hybridized carbons (Fsp3) is 0.333. The molecule has 1 heterocycles. The van der Waals surface area contributed by atoms with Gasteiger partial charge in [0, 0.05) is 10.9 Å². The van der Waals surface area contributed by atoms with Gasteiger partial charge < -0.3 is 5.32 Å². The molecule has 0 bridgehead atoms. The highest BCUT2D eigenvalue weighted by Gasteiger charge is 1.96. The summed E-state index contributed by atoms with van der Waals surface area (Å²) in [6.45, 7) is 4.04. The largest absolute Gasteiger partial charge is 0.359 e. The van der Waals surface area contributed by atoms with Crippen molar-refractivity contribution in [3.8, 4) is 0 Å². The van der Waals surface area contributed by atoms with Crippen molar-refractivity contribution in [1.29, 1.82) is 0 Å². The summed E-state index contributed by atoms with van der Waals surface area (Å²) in [7, 11) is 0. The van der Waals surface area contributed by atoms with Crippen LogP contribution in [0.5, 0.6) is 0 Å². The zero-order valence-corrected chi connectivity index (χ0v) is 11.7. The molecule has 0 amide bonds. The van der Waals surface area contributed by atoms with Gasteiger partial charge in [0.2, 0.25) is 0 Å². The summed E-state index contributed by atoms with van der Waals surface area (Å²) < 4.78 is 1.09. The van der Waals surface area contributed by atoms with E-state index in [0.29, 0.717) is 11.2 Å². The van der Waals surface area contributed by atoms with Crippen LogP contribution in [0.1, 0.15) is 18.7 Å². The molecule has 0 aromatic carbocycles. The minimum absolute atomic E-state index is 0.316. The number of thiophene rings is 1. The molecule has 1 aromatic rings. The molecule has 82 valence electrons. The van der Waals surface area contributed by atoms with Crippen LogP contribution in [-0.2, 0) is 0 Å². The Morgan fingerprint density at radius 3 is 2.87 bits per heavy atom. The predicted octanol–water partition coefficient (Wildman–Crippen LogP) is 2.72. The van der Waals surface area contributed by atoms with E-state index in [2.05, 4.69) is 31.8 Å². The first-order valence-corrected chi connectivity index (χ1v) is 6.44. The van der Waals surface area contributed by atoms with Crippen molar-refractivity contribution in [1.82, 2.24) is 10.7 Å². The normalized spacial score (nSPS) is 10.9. The van der Waals surface area contributed by atoms with Crippen LogP contribution < -0.4 is 10.7 Å². The van der Waals surface area contributed by atoms with Crippen LogP contribution in [-0.4, -0.2) is 17.4 Å². The number of hydrogen-bond acceptors (Lipinski definition) is 3. The van der Waals surface area contributed by atoms with E-state index < -0.39 is 0 Å². The van der Waals surface area contributed by atoms with E-state index in [1.54, 1.807) is 17.6 Å². The van der Waals surface area contributed by atoms with E-state index in [4.69, 9.17) is 12.2 Å². The van der Waals surface area contributed by atoms with Gasteiger partial charge in [-0.1, -0.05) is 0 Å². The van der Waals surface area contributed by atoms with E-state index in [0.717, 1.165) is 8.66 Å². The molecule has 15 heavy (non-hydrogen) atoms. The minimum Gasteiger partial charge on any atom is -0.359 e. The molecule has 6 heteroatoms. The Balaban J connectivity index is 2.36. The zero-order chi connectivity index (χ0) is 11.3. The molecule has 0 saturated heterocycles. The smallest absolute Gasteiger partial charge is 0.187 e. The van der Waals surface area contributed by atoms with Crippen molar-refractivity contribution in [2.75, 3.05) is 0 Å². The van der Waals surface area contributed by atoms with Crippen molar-refractivity contribution >= 4 is 50.8 Å². The fourth-order valence-corrected chi connectivity index (χ4v) is 2.43. The monoisotopic (exact) mass is 305 g/mol. The van der Waals surface area contributed by atoms with Crippen LogP contribution in [0.2, 0.25) is 0 Å². The maximum atomic E-state index is 5.01. The summed E-state index contributed by atoms with van der Waals surface area (Å²) in [5.74, 6) is 0. The molecular weight excluding hydrogens is 294 g/mol. The topological polar surface area (TPSA) is 36.4 Å². The molecule has 1 aromatic heterocycles. The predicted molar refractivity (Wildman–Crippen MR) is 73.6 cm³/mol. The number of hydrazone groups is 1. The maximum Gasteiger partial charge on any atom is 0.187 e. The number of hydrogen-bond donors (Lipinski definition) is 2. The first-order valence-electron chi connectivity index (χ1n) is 4.43. The summed E-state index contributed by atoms with van der Waals surface area (Å²) in [6.07, 6.45) is 1.74. The molecule has 0 atom stereocenters. The highest BCUT2D eigenvalue weighted by Crippen LogP contribution is 2.20. The first-order chi connectivity index (χ1) is 7.08. The summed E-state index contributed by atoms with van der Waals surface area (Å²) >= 11 is 10.0. The Morgan fingerprint density at radius 2 is 2.33 bits per heavy atom. The molecule has 0 aliphatic carbocycles. The average molecular weight is 306 g/mol. The van der Waals surface area contributed by atoms with Gasteiger partial charge in [-0.15, -0.1) is 11.3 Å². The summed E-state index contributed by atoms with van der Waals surface area (Å²) in [4.78, 5) is 1.07. The van der Waals surface area contributed by atoms with Crippen LogP contribution in [0.25, 0.3) is 0 Å². The van der Waals surface area contributed by atoms with Gasteiger partial charge >= 0.3 is 0 Å². The van der Waals surface area contributed by atoms with E-state index in [9.17, 15) is 0 Å². The van der Waals surface area contributed by atoms with Gasteiger partial charge in [-0.25, -0.2) is 0 Å². The molecule has 1 rings (SSSR count). The molecule has 3 nitrogen and oxygen atoms in total. The lowest BCUT2D eigenvalue weighted by Gasteiger charge is -2.09. The molecule has 0 fully saturated rings. The molecular formula is C9H12BrN3S2. The van der Waals surface area contributed by atoms with Gasteiger partial charge in [-0.05, 0) is 54.1 Å². The molecule has 0 saturated carbocycles. The van der Waals surface area contributed by atoms with Crippen molar-refractivity contribution < 1.29 is 0 Å². The van der Waals surface area contributed by atoms with Crippen LogP contribution in [0, 0.1) is 0 Å². The van der Waals surface area contributed by atoms with Gasteiger partial charge in [0.05, 0.1) is 10.0 Å². The van der Waals surface area contributed by atoms with E-state index in [1.165, 1.54) is 0 Å². The lowest BCUT2D eigenvalue weighted by molar-refractivity contribution is 0.720. The van der Waals surface area contributed by atoms with Gasteiger partial charge in [0.1, 0.15) is 0 Å². The van der Waals surface area contributed by atoms with Crippen molar-refractivity contribution in [3.63, 3.8) is 0 Å². The third-order valence-electron chi connectivity index (χ3n) is 1.37. The van der Waals surface area contributed by atoms with Crippen molar-refractivity contribution in [3.05, 3.63) is 20.8 Å². The molecule has 0 unspecified atom stereocenters. The molecule has 0 aliphatic rings. The first kappa shape index (κ1) is 12.6. The van der Waals surface area contributed by atoms with Gasteiger partial charge in [-0.2, -0.15) is 5.10 Å². The van der Waals surface area contributed by atoms with Gasteiger partial charge in [-0.3, -0.25) is 5.43 Å². The Kier molecular flexibility index (Phi) is 5.21. The van der Waals surface area contributed by atoms with E-state index >= 15 is 0 Å². The lowest BCUT2D eigenvalue weighted by atomic mass is 10.4. The van der Waals surface area contributed by atoms with E-state index in [1.807, 2.05) is 26.0 Å². The Hall–Kier alpha value is -0.460. The SMILES string of the molecule is CC(C)NC(=S)N/N=C\c1ccc(Br)s1. The summed E-state index contributed by atoms with van der Waals surface area (Å²) in [5.41, 5.74) is 2.75. The second kappa shape index (κ2) is 6.19. The highest BCUT2D eigenvalue weighted by molar-refractivity contribution is 9.11. The highest BCUT2D eigenvalue weighted by atomic mass is 79.9. The maximum absolute atomic E-state index is 5.01. The number of halogens is 1. The van der Waals surface area contributed by atoms with Crippen molar-refractivity contribution in [2.45, 2.75) is 19.9 Å². The quantitative estimate of drug-likeness (QED) is 0.512. The Bertz CT molecular complexity index is 360. The standard InChI is InChI=1S/C9H12BrN3S2/c1-6(2)12-9(14)13-11-5-7-3-4-8(10)15-7/h3-6H,1-2H3,(H2,12,13,14)/b11-5-. The average Bonchev–Trinajstić information content (AvgIpc) is 2.50. The number of thiocarbonyl (C=S) groups is 1. The third-order valence-corrected chi connectivity index (χ3v) is 3.14. The van der Waals surface area contributed by atoms with Gasteiger partial charge in [0.25, 0.3) is 0 Å². The second-order valence-corrected chi connectivity index (χ2v) is 6.04. The van der Waals surface area contributed by atoms with Crippen LogP contribution >= 0.6 is 39.5 Å². The molecule has 0 aliphatic heterocycles. The Labute approximate surface area is 107 Å². The number of rotatable bonds is 3. The van der Waals surface area contributed by atoms with Gasteiger partial charge in [0.15, 0.2) is 5.11 Å². The lowest BCUT2D eigenvalue weighted by Crippen LogP contribution is -2.36. The van der Waals surface area contributed by atoms with E-state index in [-0.39, 0.29) is 0 Å². The van der Waals surface area contributed by atoms with Crippen LogP contribution in [0.4, 0.5) is 0 Å². The number of nitrogens with one attached hydrogen (secondary N) is 2. The van der Waals surface area contributed by atoms with Crippen LogP contribution in [0.3, 0.4) is 0 Å². The Morgan fingerprint density at radius 1 is 1.60 bits per heavy atom. The van der Waals surface area contributed by atoms with Crippen LogP contribution in [0.15, 0.2) is 21.0 Å². The number of nitrogens with zero attached hydrogens (tertiary/aromatic N) is 1. The molecule has 0 radical (unpaired) electrons. The minimum atomic E-state index is 0.316.